The van der Waals surface area contributed by atoms with Crippen molar-refractivity contribution in [2.24, 2.45) is 5.41 Å². The maximum absolute atomic E-state index is 13.0. The van der Waals surface area contributed by atoms with E-state index in [2.05, 4.69) is 43.4 Å². The first kappa shape index (κ1) is 22.5. The van der Waals surface area contributed by atoms with Crippen molar-refractivity contribution in [2.75, 3.05) is 6.54 Å². The lowest BCUT2D eigenvalue weighted by Crippen LogP contribution is -2.39. The molecule has 6 nitrogen and oxygen atoms in total. The van der Waals surface area contributed by atoms with Gasteiger partial charge in [-0.15, -0.1) is 0 Å². The number of nitrogens with zero attached hydrogens (tertiary/aromatic N) is 3. The van der Waals surface area contributed by atoms with Gasteiger partial charge in [0.05, 0.1) is 0 Å². The van der Waals surface area contributed by atoms with E-state index in [-0.39, 0.29) is 16.6 Å². The summed E-state index contributed by atoms with van der Waals surface area (Å²) in [5.74, 6) is 0.967. The van der Waals surface area contributed by atoms with Crippen molar-refractivity contribution in [1.29, 1.82) is 0 Å². The Balaban J connectivity index is 1.62. The summed E-state index contributed by atoms with van der Waals surface area (Å²) in [4.78, 5) is 26.0. The number of fused-ring (bicyclic) bond motifs is 1. The first-order valence-corrected chi connectivity index (χ1v) is 12.5. The van der Waals surface area contributed by atoms with Crippen molar-refractivity contribution in [3.8, 4) is 11.8 Å². The Bertz CT molecular complexity index is 1230. The topological polar surface area (TPSA) is 77.0 Å². The van der Waals surface area contributed by atoms with Gasteiger partial charge in [0.15, 0.2) is 0 Å². The molecule has 33 heavy (non-hydrogen) atoms. The van der Waals surface area contributed by atoms with Crippen LogP contribution in [0.5, 0.6) is 11.8 Å². The summed E-state index contributed by atoms with van der Waals surface area (Å²) < 4.78 is 6.16. The molecule has 1 aliphatic heterocycles. The predicted octanol–water partition coefficient (Wildman–Crippen LogP) is 4.72. The van der Waals surface area contributed by atoms with E-state index in [0.717, 1.165) is 67.1 Å². The minimum Gasteiger partial charge on any atom is -0.420 e. The molecule has 2 aromatic rings. The van der Waals surface area contributed by atoms with Crippen LogP contribution in [-0.2, 0) is 17.6 Å². The van der Waals surface area contributed by atoms with Crippen molar-refractivity contribution in [1.82, 2.24) is 20.3 Å². The van der Waals surface area contributed by atoms with E-state index in [9.17, 15) is 4.79 Å². The summed E-state index contributed by atoms with van der Waals surface area (Å²) in [6.45, 7) is 7.09. The summed E-state index contributed by atoms with van der Waals surface area (Å²) in [6, 6.07) is 0. The molecule has 3 aliphatic rings. The zero-order valence-corrected chi connectivity index (χ0v) is 21.1. The van der Waals surface area contributed by atoms with Gasteiger partial charge in [0, 0.05) is 40.8 Å². The third kappa shape index (κ3) is 3.77. The standard InChI is InChI=1S/C25H28ClN4O2P/c1-4-14-10-28-24(26)30-22(14)32-23-20(33)19-15(11-27-23)6-7-17(16(19)5-2)18-13(3)25(8-9-25)12-29-21(18)31/h10-11H,4-9,12,33H2,1-3H3,(H,29,31). The quantitative estimate of drug-likeness (QED) is 0.493. The molecule has 2 aromatic heterocycles. The number of carbonyl (C=O) groups is 1. The molecule has 1 saturated carbocycles. The molecule has 172 valence electrons. The summed E-state index contributed by atoms with van der Waals surface area (Å²) in [6.07, 6.45) is 9.13. The summed E-state index contributed by atoms with van der Waals surface area (Å²) in [5, 5.41) is 4.18. The van der Waals surface area contributed by atoms with Gasteiger partial charge in [-0.1, -0.05) is 28.7 Å². The van der Waals surface area contributed by atoms with Crippen LogP contribution in [0.25, 0.3) is 5.57 Å². The lowest BCUT2D eigenvalue weighted by molar-refractivity contribution is -0.118. The Hall–Kier alpha value is -2.30. The van der Waals surface area contributed by atoms with Gasteiger partial charge in [0.25, 0.3) is 5.91 Å². The highest BCUT2D eigenvalue weighted by atomic mass is 35.5. The van der Waals surface area contributed by atoms with Gasteiger partial charge in [-0.25, -0.2) is 9.97 Å². The van der Waals surface area contributed by atoms with E-state index in [4.69, 9.17) is 16.3 Å². The molecular formula is C25H28ClN4O2P. The van der Waals surface area contributed by atoms with Gasteiger partial charge >= 0.3 is 0 Å². The fourth-order valence-corrected chi connectivity index (χ4v) is 5.79. The van der Waals surface area contributed by atoms with E-state index in [1.54, 1.807) is 6.20 Å². The van der Waals surface area contributed by atoms with Crippen molar-refractivity contribution in [3.63, 3.8) is 0 Å². The number of rotatable bonds is 5. The average molecular weight is 483 g/mol. The molecule has 1 N–H and O–H groups in total. The number of nitrogens with one attached hydrogen (secondary N) is 1. The maximum atomic E-state index is 13.0. The molecule has 1 atom stereocenters. The number of pyridine rings is 1. The number of hydrogen-bond acceptors (Lipinski definition) is 5. The second-order valence-electron chi connectivity index (χ2n) is 9.08. The van der Waals surface area contributed by atoms with Gasteiger partial charge in [-0.05, 0) is 79.3 Å². The molecule has 2 aliphatic carbocycles. The monoisotopic (exact) mass is 482 g/mol. The van der Waals surface area contributed by atoms with E-state index in [0.29, 0.717) is 11.8 Å². The van der Waals surface area contributed by atoms with Gasteiger partial charge in [-0.2, -0.15) is 4.98 Å². The highest BCUT2D eigenvalue weighted by molar-refractivity contribution is 7.28. The average Bonchev–Trinajstić information content (AvgIpc) is 3.59. The summed E-state index contributed by atoms with van der Waals surface area (Å²) in [7, 11) is 2.81. The molecule has 1 amide bonds. The smallest absolute Gasteiger partial charge is 0.251 e. The van der Waals surface area contributed by atoms with Crippen LogP contribution in [0, 0.1) is 5.41 Å². The number of aryl methyl sites for hydroxylation is 2. The number of aromatic nitrogens is 3. The predicted molar refractivity (Wildman–Crippen MR) is 133 cm³/mol. The van der Waals surface area contributed by atoms with Crippen LogP contribution in [0.2, 0.25) is 5.28 Å². The second-order valence-corrected chi connectivity index (χ2v) is 9.99. The fourth-order valence-electron chi connectivity index (χ4n) is 5.17. The molecular weight excluding hydrogens is 455 g/mol. The molecule has 1 unspecified atom stereocenters. The third-order valence-electron chi connectivity index (χ3n) is 7.33. The van der Waals surface area contributed by atoms with Crippen LogP contribution in [0.4, 0.5) is 0 Å². The zero-order chi connectivity index (χ0) is 23.3. The van der Waals surface area contributed by atoms with Gasteiger partial charge < -0.3 is 10.1 Å². The van der Waals surface area contributed by atoms with Crippen LogP contribution in [0.3, 0.4) is 0 Å². The second kappa shape index (κ2) is 8.48. The molecule has 1 spiro atoms. The minimum atomic E-state index is 0.0634. The Kier molecular flexibility index (Phi) is 5.78. The molecule has 5 rings (SSSR count). The Labute approximate surface area is 201 Å². The molecule has 3 heterocycles. The van der Waals surface area contributed by atoms with Crippen LogP contribution in [0.1, 0.15) is 63.1 Å². The Morgan fingerprint density at radius 2 is 1.94 bits per heavy atom. The SMILES string of the molecule is CCC1=C(C2=C(C)C3(CC3)CNC2=O)CCc2cnc(Oc3nc(Cl)ncc3CC)c(P)c21. The minimum absolute atomic E-state index is 0.0634. The van der Waals surface area contributed by atoms with Gasteiger partial charge in [0.2, 0.25) is 17.0 Å². The summed E-state index contributed by atoms with van der Waals surface area (Å²) in [5.41, 5.74) is 7.88. The van der Waals surface area contributed by atoms with E-state index < -0.39 is 0 Å². The zero-order valence-electron chi connectivity index (χ0n) is 19.2. The first-order chi connectivity index (χ1) is 15.9. The lowest BCUT2D eigenvalue weighted by Gasteiger charge is -2.32. The molecule has 8 heteroatoms. The van der Waals surface area contributed by atoms with Crippen LogP contribution in [0.15, 0.2) is 29.1 Å². The first-order valence-electron chi connectivity index (χ1n) is 11.6. The number of allylic oxidation sites excluding steroid dienone is 1. The van der Waals surface area contributed by atoms with E-state index in [1.807, 2.05) is 13.1 Å². The van der Waals surface area contributed by atoms with Gasteiger partial charge in [0.1, 0.15) is 0 Å². The van der Waals surface area contributed by atoms with Crippen LogP contribution < -0.4 is 15.4 Å². The number of hydrogen-bond donors (Lipinski definition) is 1. The maximum Gasteiger partial charge on any atom is 0.251 e. The van der Waals surface area contributed by atoms with Crippen LogP contribution in [-0.4, -0.2) is 27.4 Å². The molecule has 0 saturated heterocycles. The van der Waals surface area contributed by atoms with E-state index >= 15 is 0 Å². The molecule has 0 radical (unpaired) electrons. The van der Waals surface area contributed by atoms with E-state index in [1.165, 1.54) is 22.3 Å². The van der Waals surface area contributed by atoms with Crippen molar-refractivity contribution >= 4 is 37.6 Å². The van der Waals surface area contributed by atoms with Crippen LogP contribution >= 0.6 is 20.8 Å². The molecule has 0 bridgehead atoms. The third-order valence-corrected chi connectivity index (χ3v) is 8.05. The lowest BCUT2D eigenvalue weighted by atomic mass is 9.77. The highest BCUT2D eigenvalue weighted by Crippen LogP contribution is 2.55. The summed E-state index contributed by atoms with van der Waals surface area (Å²) >= 11 is 6.02. The number of carbonyl (C=O) groups excluding carboxylic acids is 1. The highest BCUT2D eigenvalue weighted by Gasteiger charge is 2.49. The van der Waals surface area contributed by atoms with Crippen molar-refractivity contribution in [3.05, 3.63) is 51.1 Å². The van der Waals surface area contributed by atoms with Gasteiger partial charge in [-0.3, -0.25) is 4.79 Å². The number of halogens is 1. The van der Waals surface area contributed by atoms with Crippen molar-refractivity contribution in [2.45, 2.75) is 59.3 Å². The molecule has 1 fully saturated rings. The normalized spacial score (nSPS) is 19.0. The van der Waals surface area contributed by atoms with Crippen molar-refractivity contribution < 1.29 is 9.53 Å². The Morgan fingerprint density at radius 3 is 2.64 bits per heavy atom. The largest absolute Gasteiger partial charge is 0.420 e. The Morgan fingerprint density at radius 1 is 1.15 bits per heavy atom. The number of amides is 1. The number of ether oxygens (including phenoxy) is 1. The fraction of sp³-hybridized carbons (Fsp3) is 0.440. The molecule has 0 aromatic carbocycles.